The van der Waals surface area contributed by atoms with Crippen molar-refractivity contribution in [1.29, 1.82) is 0 Å². The molecule has 0 bridgehead atoms. The third kappa shape index (κ3) is 74.7. The van der Waals surface area contributed by atoms with Crippen LogP contribution in [-0.2, 0) is 65.4 Å². The van der Waals surface area contributed by atoms with Crippen molar-refractivity contribution in [3.63, 3.8) is 0 Å². The summed E-state index contributed by atoms with van der Waals surface area (Å²) in [5.41, 5.74) is 0. The van der Waals surface area contributed by atoms with Crippen molar-refractivity contribution in [3.8, 4) is 0 Å². The third-order valence-corrected chi connectivity index (χ3v) is 21.4. The summed E-state index contributed by atoms with van der Waals surface area (Å²) in [5.74, 6) is 0.210. The van der Waals surface area contributed by atoms with Crippen molar-refractivity contribution < 1.29 is 80.2 Å². The molecule has 0 amide bonds. The number of ether oxygens (including phenoxy) is 4. The van der Waals surface area contributed by atoms with E-state index >= 15 is 0 Å². The number of rotatable bonds is 80. The van der Waals surface area contributed by atoms with Gasteiger partial charge >= 0.3 is 39.5 Å². The van der Waals surface area contributed by atoms with Crippen LogP contribution in [0.25, 0.3) is 0 Å². The van der Waals surface area contributed by atoms with Crippen molar-refractivity contribution in [3.05, 3.63) is 0 Å². The molecular formula is C82H160O17P2. The number of hydrogen-bond donors (Lipinski definition) is 3. The van der Waals surface area contributed by atoms with E-state index in [0.29, 0.717) is 25.7 Å². The SMILES string of the molecule is CCCCCCCCCCCCCCCCCCCCCCC(=O)O[C@H](COC(=O)CCCCCCCCCCCCCCCC(C)C)COP(=O)(O)OC[C@@H](O)COP(=O)(O)OC[C@@H](COC(=O)CCCCCCCCCCC(C)C)OC(=O)CCCCCCCCCCCCC(C)CC. The second-order valence-corrected chi connectivity index (χ2v) is 33.6. The van der Waals surface area contributed by atoms with Gasteiger partial charge in [-0.2, -0.15) is 0 Å². The fourth-order valence-corrected chi connectivity index (χ4v) is 14.2. The number of hydrogen-bond acceptors (Lipinski definition) is 15. The number of carbonyl (C=O) groups excluding carboxylic acids is 4. The summed E-state index contributed by atoms with van der Waals surface area (Å²) in [4.78, 5) is 73.1. The molecule has 0 aromatic heterocycles. The van der Waals surface area contributed by atoms with E-state index in [1.165, 1.54) is 238 Å². The molecule has 600 valence electrons. The Hall–Kier alpha value is -1.94. The molecule has 0 aliphatic heterocycles. The molecular weight excluding hydrogens is 1320 g/mol. The molecule has 3 unspecified atom stereocenters. The fourth-order valence-electron chi connectivity index (χ4n) is 12.6. The van der Waals surface area contributed by atoms with Crippen LogP contribution in [0.5, 0.6) is 0 Å². The lowest BCUT2D eigenvalue weighted by molar-refractivity contribution is -0.161. The minimum absolute atomic E-state index is 0.106. The molecule has 0 aliphatic carbocycles. The molecule has 0 rings (SSSR count). The van der Waals surface area contributed by atoms with Crippen molar-refractivity contribution >= 4 is 39.5 Å². The highest BCUT2D eigenvalue weighted by atomic mass is 31.2. The maximum absolute atomic E-state index is 13.1. The Balaban J connectivity index is 5.25. The highest BCUT2D eigenvalue weighted by Gasteiger charge is 2.30. The smallest absolute Gasteiger partial charge is 0.462 e. The van der Waals surface area contributed by atoms with Gasteiger partial charge in [-0.25, -0.2) is 9.13 Å². The lowest BCUT2D eigenvalue weighted by atomic mass is 9.99. The molecule has 0 saturated heterocycles. The summed E-state index contributed by atoms with van der Waals surface area (Å²) in [6, 6.07) is 0. The van der Waals surface area contributed by atoms with Crippen LogP contribution in [0.4, 0.5) is 0 Å². The zero-order valence-corrected chi connectivity index (χ0v) is 68.2. The van der Waals surface area contributed by atoms with Crippen molar-refractivity contribution in [1.82, 2.24) is 0 Å². The van der Waals surface area contributed by atoms with Gasteiger partial charge in [-0.05, 0) is 43.4 Å². The molecule has 6 atom stereocenters. The van der Waals surface area contributed by atoms with Crippen LogP contribution < -0.4 is 0 Å². The average Bonchev–Trinajstić information content (AvgIpc) is 0.924. The van der Waals surface area contributed by atoms with Crippen LogP contribution in [-0.4, -0.2) is 96.7 Å². The first kappa shape index (κ1) is 99.1. The number of phosphoric ester groups is 2. The van der Waals surface area contributed by atoms with Gasteiger partial charge in [-0.1, -0.05) is 376 Å². The third-order valence-electron chi connectivity index (χ3n) is 19.5. The first-order valence-corrected chi connectivity index (χ1v) is 45.4. The zero-order valence-electron chi connectivity index (χ0n) is 66.4. The Morgan fingerprint density at radius 1 is 0.287 bits per heavy atom. The monoisotopic (exact) mass is 1480 g/mol. The van der Waals surface area contributed by atoms with E-state index in [0.717, 1.165) is 108 Å². The van der Waals surface area contributed by atoms with Crippen molar-refractivity contribution in [2.75, 3.05) is 39.6 Å². The number of carbonyl (C=O) groups is 4. The molecule has 0 aromatic carbocycles. The Morgan fingerprint density at radius 2 is 0.505 bits per heavy atom. The van der Waals surface area contributed by atoms with Crippen LogP contribution in [0.2, 0.25) is 0 Å². The van der Waals surface area contributed by atoms with Crippen molar-refractivity contribution in [2.24, 2.45) is 17.8 Å². The molecule has 19 heteroatoms. The highest BCUT2D eigenvalue weighted by Crippen LogP contribution is 2.45. The molecule has 3 N–H and O–H groups in total. The number of esters is 4. The highest BCUT2D eigenvalue weighted by molar-refractivity contribution is 7.47. The van der Waals surface area contributed by atoms with Gasteiger partial charge in [0.15, 0.2) is 12.2 Å². The van der Waals surface area contributed by atoms with Crippen LogP contribution in [0.1, 0.15) is 427 Å². The normalized spacial score (nSPS) is 14.2. The molecule has 0 aliphatic rings. The van der Waals surface area contributed by atoms with Gasteiger partial charge in [0.05, 0.1) is 26.4 Å². The molecule has 17 nitrogen and oxygen atoms in total. The van der Waals surface area contributed by atoms with Gasteiger partial charge in [0.25, 0.3) is 0 Å². The standard InChI is InChI=1S/C82H160O17P2/c1-8-10-11-12-13-14-15-16-17-18-19-20-21-22-25-29-35-44-51-58-65-81(86)98-77(69-92-79(84)63-56-49-42-34-28-26-23-24-27-32-39-46-53-60-73(3)4)71-96-100(88,89)94-67-76(83)68-95-101(90,91)97-72-78(70-93-80(85)64-57-50-43-38-37-40-47-54-61-74(5)6)99-82(87)66-59-52-45-36-31-30-33-41-48-55-62-75(7)9-2/h73-78,83H,8-72H2,1-7H3,(H,88,89)(H,90,91)/t75?,76-,77-,78-/m1/s1. The predicted octanol–water partition coefficient (Wildman–Crippen LogP) is 24.5. The molecule has 0 spiro atoms. The van der Waals surface area contributed by atoms with Gasteiger partial charge in [0.2, 0.25) is 0 Å². The predicted molar refractivity (Wildman–Crippen MR) is 414 cm³/mol. The topological polar surface area (TPSA) is 237 Å². The van der Waals surface area contributed by atoms with Crippen LogP contribution in [0, 0.1) is 17.8 Å². The van der Waals surface area contributed by atoms with Gasteiger partial charge in [0, 0.05) is 25.7 Å². The van der Waals surface area contributed by atoms with Gasteiger partial charge in [-0.3, -0.25) is 37.3 Å². The number of unbranched alkanes of at least 4 members (excludes halogenated alkanes) is 47. The van der Waals surface area contributed by atoms with E-state index in [-0.39, 0.29) is 25.7 Å². The number of phosphoric acid groups is 2. The Kier molecular flexibility index (Phi) is 70.9. The lowest BCUT2D eigenvalue weighted by Gasteiger charge is -2.21. The Morgan fingerprint density at radius 3 is 0.752 bits per heavy atom. The van der Waals surface area contributed by atoms with E-state index < -0.39 is 97.5 Å². The second-order valence-electron chi connectivity index (χ2n) is 30.7. The maximum Gasteiger partial charge on any atom is 0.472 e. The second kappa shape index (κ2) is 72.3. The van der Waals surface area contributed by atoms with Crippen LogP contribution in [0.15, 0.2) is 0 Å². The van der Waals surface area contributed by atoms with Crippen LogP contribution in [0.3, 0.4) is 0 Å². The lowest BCUT2D eigenvalue weighted by Crippen LogP contribution is -2.30. The van der Waals surface area contributed by atoms with E-state index in [1.54, 1.807) is 0 Å². The van der Waals surface area contributed by atoms with Gasteiger partial charge < -0.3 is 33.8 Å². The fraction of sp³-hybridized carbons (Fsp3) is 0.951. The van der Waals surface area contributed by atoms with E-state index in [2.05, 4.69) is 48.5 Å². The molecule has 0 aromatic rings. The molecule has 0 fully saturated rings. The van der Waals surface area contributed by atoms with E-state index in [9.17, 15) is 43.2 Å². The van der Waals surface area contributed by atoms with E-state index in [1.807, 2.05) is 0 Å². The summed E-state index contributed by atoms with van der Waals surface area (Å²) in [6.07, 6.45) is 61.0. The molecule has 0 heterocycles. The van der Waals surface area contributed by atoms with Gasteiger partial charge in [0.1, 0.15) is 19.3 Å². The molecule has 0 saturated carbocycles. The largest absolute Gasteiger partial charge is 0.472 e. The van der Waals surface area contributed by atoms with Crippen LogP contribution >= 0.6 is 15.6 Å². The summed E-state index contributed by atoms with van der Waals surface area (Å²) in [7, 11) is -9.92. The first-order valence-electron chi connectivity index (χ1n) is 42.4. The number of aliphatic hydroxyl groups excluding tert-OH is 1. The van der Waals surface area contributed by atoms with Crippen molar-refractivity contribution in [2.45, 2.75) is 446 Å². The molecule has 101 heavy (non-hydrogen) atoms. The zero-order chi connectivity index (χ0) is 74.4. The minimum atomic E-state index is -4.96. The minimum Gasteiger partial charge on any atom is -0.462 e. The quantitative estimate of drug-likeness (QED) is 0.0222. The maximum atomic E-state index is 13.1. The molecule has 0 radical (unpaired) electrons. The Bertz CT molecular complexity index is 1960. The first-order chi connectivity index (χ1) is 48.8. The van der Waals surface area contributed by atoms with Gasteiger partial charge in [-0.15, -0.1) is 0 Å². The van der Waals surface area contributed by atoms with E-state index in [4.69, 9.17) is 37.0 Å². The summed E-state index contributed by atoms with van der Waals surface area (Å²) < 4.78 is 68.8. The number of aliphatic hydroxyl groups is 1. The Labute approximate surface area is 619 Å². The summed E-state index contributed by atoms with van der Waals surface area (Å²) >= 11 is 0. The average molecular weight is 1480 g/mol. The summed E-state index contributed by atoms with van der Waals surface area (Å²) in [5, 5.41) is 10.7. The summed E-state index contributed by atoms with van der Waals surface area (Å²) in [6.45, 7) is 12.0.